The number of unbranched alkanes of at least 4 members (excludes halogenated alkanes) is 1. The molecule has 0 radical (unpaired) electrons. The first kappa shape index (κ1) is 13.1. The van der Waals surface area contributed by atoms with Crippen LogP contribution in [0.25, 0.3) is 0 Å². The molecule has 0 amide bonds. The molecule has 0 saturated carbocycles. The minimum Gasteiger partial charge on any atom is -0.492 e. The van der Waals surface area contributed by atoms with E-state index in [2.05, 4.69) is 15.9 Å². The van der Waals surface area contributed by atoms with Gasteiger partial charge in [0.15, 0.2) is 0 Å². The van der Waals surface area contributed by atoms with E-state index in [0.29, 0.717) is 22.4 Å². The molecule has 1 aromatic rings. The molecule has 0 fully saturated rings. The van der Waals surface area contributed by atoms with Crippen molar-refractivity contribution in [2.45, 2.75) is 12.8 Å². The van der Waals surface area contributed by atoms with Gasteiger partial charge in [0, 0.05) is 17.1 Å². The Morgan fingerprint density at radius 2 is 1.93 bits per heavy atom. The van der Waals surface area contributed by atoms with Gasteiger partial charge >= 0.3 is 0 Å². The average Bonchev–Trinajstić information content (AvgIpc) is 2.20. The predicted molar refractivity (Wildman–Crippen MR) is 66.0 cm³/mol. The summed E-state index contributed by atoms with van der Waals surface area (Å²) in [6, 6.07) is 3.37. The Morgan fingerprint density at radius 1 is 1.20 bits per heavy atom. The van der Waals surface area contributed by atoms with Gasteiger partial charge < -0.3 is 9.84 Å². The van der Waals surface area contributed by atoms with Crippen molar-refractivity contribution in [1.29, 1.82) is 0 Å². The molecule has 0 aromatic heterocycles. The normalized spacial score (nSPS) is 10.4. The second-order valence-corrected chi connectivity index (χ2v) is 4.64. The van der Waals surface area contributed by atoms with Crippen LogP contribution in [0.3, 0.4) is 0 Å². The maximum atomic E-state index is 8.59. The van der Waals surface area contributed by atoms with Crippen LogP contribution in [0.2, 0.25) is 10.0 Å². The molecule has 1 N–H and O–H groups in total. The van der Waals surface area contributed by atoms with E-state index in [1.165, 1.54) is 0 Å². The van der Waals surface area contributed by atoms with Crippen LogP contribution in [0.1, 0.15) is 12.8 Å². The van der Waals surface area contributed by atoms with Crippen LogP contribution in [-0.4, -0.2) is 18.3 Å². The third-order valence-electron chi connectivity index (χ3n) is 1.78. The maximum Gasteiger partial charge on any atom is 0.139 e. The van der Waals surface area contributed by atoms with Crippen LogP contribution in [0.15, 0.2) is 16.6 Å². The number of hydrogen-bond acceptors (Lipinski definition) is 2. The summed E-state index contributed by atoms with van der Waals surface area (Å²) in [5, 5.41) is 9.68. The molecule has 1 aromatic carbocycles. The molecule has 15 heavy (non-hydrogen) atoms. The summed E-state index contributed by atoms with van der Waals surface area (Å²) < 4.78 is 6.17. The van der Waals surface area contributed by atoms with E-state index in [-0.39, 0.29) is 6.61 Å². The molecule has 0 unspecified atom stereocenters. The molecule has 0 saturated heterocycles. The monoisotopic (exact) mass is 312 g/mol. The second kappa shape index (κ2) is 6.59. The van der Waals surface area contributed by atoms with E-state index in [4.69, 9.17) is 33.0 Å². The molecule has 0 bridgehead atoms. The zero-order valence-corrected chi connectivity index (χ0v) is 11.1. The number of aliphatic hydroxyl groups excluding tert-OH is 1. The molecule has 0 spiro atoms. The zero-order chi connectivity index (χ0) is 11.3. The fraction of sp³-hybridized carbons (Fsp3) is 0.400. The van der Waals surface area contributed by atoms with Crippen molar-refractivity contribution in [2.24, 2.45) is 0 Å². The molecule has 2 nitrogen and oxygen atoms in total. The summed E-state index contributed by atoms with van der Waals surface area (Å²) in [6.07, 6.45) is 1.52. The predicted octanol–water partition coefficient (Wildman–Crippen LogP) is 3.91. The maximum absolute atomic E-state index is 8.59. The van der Waals surface area contributed by atoms with Gasteiger partial charge in [0.25, 0.3) is 0 Å². The number of halogens is 3. The molecule has 0 heterocycles. The standard InChI is InChI=1S/C10H11BrCl2O2/c11-7-5-9(13)10(6-8(7)12)15-4-2-1-3-14/h5-6,14H,1-4H2. The van der Waals surface area contributed by atoms with E-state index < -0.39 is 0 Å². The molecule has 0 atom stereocenters. The topological polar surface area (TPSA) is 29.5 Å². The summed E-state index contributed by atoms with van der Waals surface area (Å²) in [4.78, 5) is 0. The van der Waals surface area contributed by atoms with Gasteiger partial charge in [0.05, 0.1) is 16.7 Å². The molecule has 0 aliphatic carbocycles. The first-order valence-corrected chi connectivity index (χ1v) is 6.08. The lowest BCUT2D eigenvalue weighted by molar-refractivity contribution is 0.253. The third-order valence-corrected chi connectivity index (χ3v) is 3.28. The third kappa shape index (κ3) is 4.19. The Kier molecular flexibility index (Phi) is 5.75. The van der Waals surface area contributed by atoms with E-state index >= 15 is 0 Å². The quantitative estimate of drug-likeness (QED) is 0.660. The van der Waals surface area contributed by atoms with E-state index in [0.717, 1.165) is 17.3 Å². The van der Waals surface area contributed by atoms with Crippen LogP contribution in [-0.2, 0) is 0 Å². The van der Waals surface area contributed by atoms with Crippen molar-refractivity contribution in [1.82, 2.24) is 0 Å². The van der Waals surface area contributed by atoms with Gasteiger partial charge in [-0.3, -0.25) is 0 Å². The van der Waals surface area contributed by atoms with Crippen LogP contribution < -0.4 is 4.74 Å². The number of aliphatic hydroxyl groups is 1. The molecular weight excluding hydrogens is 303 g/mol. The summed E-state index contributed by atoms with van der Waals surface area (Å²) in [6.45, 7) is 0.705. The minimum atomic E-state index is 0.179. The summed E-state index contributed by atoms with van der Waals surface area (Å²) in [5.74, 6) is 0.572. The number of ether oxygens (including phenoxy) is 1. The van der Waals surface area contributed by atoms with Gasteiger partial charge in [-0.15, -0.1) is 0 Å². The Balaban J connectivity index is 2.57. The van der Waals surface area contributed by atoms with Crippen LogP contribution in [0.4, 0.5) is 0 Å². The lowest BCUT2D eigenvalue weighted by Crippen LogP contribution is -1.99. The molecule has 0 aliphatic heterocycles. The van der Waals surface area contributed by atoms with Gasteiger partial charge in [0.2, 0.25) is 0 Å². The SMILES string of the molecule is OCCCCOc1cc(Cl)c(Br)cc1Cl. The van der Waals surface area contributed by atoms with Crippen LogP contribution in [0.5, 0.6) is 5.75 Å². The van der Waals surface area contributed by atoms with Crippen LogP contribution in [0, 0.1) is 0 Å². The second-order valence-electron chi connectivity index (χ2n) is 2.98. The highest BCUT2D eigenvalue weighted by Gasteiger charge is 2.06. The van der Waals surface area contributed by atoms with Crippen LogP contribution >= 0.6 is 39.1 Å². The smallest absolute Gasteiger partial charge is 0.139 e. The number of hydrogen-bond donors (Lipinski definition) is 1. The lowest BCUT2D eigenvalue weighted by Gasteiger charge is -2.08. The van der Waals surface area contributed by atoms with Crippen molar-refractivity contribution in [3.63, 3.8) is 0 Å². The van der Waals surface area contributed by atoms with Gasteiger partial charge in [0.1, 0.15) is 5.75 Å². The average molecular weight is 314 g/mol. The fourth-order valence-electron chi connectivity index (χ4n) is 1.01. The Labute approximate surface area is 107 Å². The van der Waals surface area contributed by atoms with Gasteiger partial charge in [-0.2, -0.15) is 0 Å². The largest absolute Gasteiger partial charge is 0.492 e. The number of benzene rings is 1. The molecular formula is C10H11BrCl2O2. The van der Waals surface area contributed by atoms with Crippen molar-refractivity contribution >= 4 is 39.1 Å². The highest BCUT2D eigenvalue weighted by atomic mass is 79.9. The van der Waals surface area contributed by atoms with Gasteiger partial charge in [-0.1, -0.05) is 23.2 Å². The first-order chi connectivity index (χ1) is 7.15. The highest BCUT2D eigenvalue weighted by Crippen LogP contribution is 2.34. The van der Waals surface area contributed by atoms with Crippen molar-refractivity contribution in [2.75, 3.05) is 13.2 Å². The Hall–Kier alpha value is 0.0400. The molecule has 5 heteroatoms. The first-order valence-electron chi connectivity index (χ1n) is 4.53. The van der Waals surface area contributed by atoms with Gasteiger partial charge in [-0.25, -0.2) is 0 Å². The fourth-order valence-corrected chi connectivity index (χ4v) is 1.86. The summed E-state index contributed by atoms with van der Waals surface area (Å²) in [7, 11) is 0. The van der Waals surface area contributed by atoms with Crippen molar-refractivity contribution in [3.8, 4) is 5.75 Å². The molecule has 0 aliphatic rings. The van der Waals surface area contributed by atoms with Gasteiger partial charge in [-0.05, 0) is 34.8 Å². The number of rotatable bonds is 5. The summed E-state index contributed by atoms with van der Waals surface area (Å²) in [5.41, 5.74) is 0. The highest BCUT2D eigenvalue weighted by molar-refractivity contribution is 9.10. The molecule has 1 rings (SSSR count). The zero-order valence-electron chi connectivity index (χ0n) is 7.97. The Bertz CT molecular complexity index is 331. The van der Waals surface area contributed by atoms with E-state index in [9.17, 15) is 0 Å². The summed E-state index contributed by atoms with van der Waals surface area (Å²) >= 11 is 15.1. The van der Waals surface area contributed by atoms with E-state index in [1.54, 1.807) is 12.1 Å². The van der Waals surface area contributed by atoms with E-state index in [1.807, 2.05) is 0 Å². The molecule has 84 valence electrons. The lowest BCUT2D eigenvalue weighted by atomic mass is 10.3. The van der Waals surface area contributed by atoms with Crippen molar-refractivity contribution in [3.05, 3.63) is 26.7 Å². The minimum absolute atomic E-state index is 0.179. The van der Waals surface area contributed by atoms with Crippen molar-refractivity contribution < 1.29 is 9.84 Å². The Morgan fingerprint density at radius 3 is 2.60 bits per heavy atom.